The summed E-state index contributed by atoms with van der Waals surface area (Å²) in [6.45, 7) is 2.05. The fourth-order valence-electron chi connectivity index (χ4n) is 2.85. The largest absolute Gasteiger partial charge is 0.497 e. The molecule has 100 valence electrons. The Morgan fingerprint density at radius 1 is 1.42 bits per heavy atom. The predicted molar refractivity (Wildman–Crippen MR) is 74.2 cm³/mol. The van der Waals surface area contributed by atoms with Crippen molar-refractivity contribution in [1.29, 1.82) is 0 Å². The maximum atomic E-state index is 6.42. The zero-order valence-corrected chi connectivity index (χ0v) is 11.3. The molecular weight excluding hydrogens is 238 g/mol. The lowest BCUT2D eigenvalue weighted by atomic mass is 9.84. The maximum absolute atomic E-state index is 6.42. The van der Waals surface area contributed by atoms with Crippen molar-refractivity contribution in [2.24, 2.45) is 5.73 Å². The standard InChI is InChI=1S/C15H19N3O/c1-10-8-17-18(9-10)14-6-3-11-7-12(19-2)4-5-13(11)15(14)16/h4-5,7-9,14-15H,3,6,16H2,1-2H3. The summed E-state index contributed by atoms with van der Waals surface area (Å²) in [5.74, 6) is 0.902. The minimum Gasteiger partial charge on any atom is -0.497 e. The fourth-order valence-corrected chi connectivity index (χ4v) is 2.85. The monoisotopic (exact) mass is 257 g/mol. The molecule has 2 unspecified atom stereocenters. The molecule has 0 saturated carbocycles. The van der Waals surface area contributed by atoms with Gasteiger partial charge in [-0.1, -0.05) is 6.07 Å². The molecule has 3 rings (SSSR count). The molecule has 1 heterocycles. The fraction of sp³-hybridized carbons (Fsp3) is 0.400. The number of rotatable bonds is 2. The second-order valence-corrected chi connectivity index (χ2v) is 5.19. The van der Waals surface area contributed by atoms with Crippen LogP contribution in [0.2, 0.25) is 0 Å². The first-order valence-electron chi connectivity index (χ1n) is 6.62. The van der Waals surface area contributed by atoms with Gasteiger partial charge in [-0.2, -0.15) is 5.10 Å². The molecule has 0 bridgehead atoms. The first-order valence-corrected chi connectivity index (χ1v) is 6.62. The number of methoxy groups -OCH3 is 1. The Bertz CT molecular complexity index is 591. The zero-order valence-electron chi connectivity index (χ0n) is 11.3. The number of nitrogens with zero attached hydrogens (tertiary/aromatic N) is 2. The number of hydrogen-bond acceptors (Lipinski definition) is 3. The lowest BCUT2D eigenvalue weighted by Gasteiger charge is -2.31. The normalized spacial score (nSPS) is 22.1. The third kappa shape index (κ3) is 2.12. The number of ether oxygens (including phenoxy) is 1. The van der Waals surface area contributed by atoms with Gasteiger partial charge < -0.3 is 10.5 Å². The molecule has 0 aliphatic heterocycles. The van der Waals surface area contributed by atoms with Crippen molar-refractivity contribution < 1.29 is 4.74 Å². The summed E-state index contributed by atoms with van der Waals surface area (Å²) in [5.41, 5.74) is 10.1. The van der Waals surface area contributed by atoms with Gasteiger partial charge in [0.25, 0.3) is 0 Å². The third-order valence-electron chi connectivity index (χ3n) is 3.90. The lowest BCUT2D eigenvalue weighted by molar-refractivity contribution is 0.341. The van der Waals surface area contributed by atoms with E-state index in [1.54, 1.807) is 7.11 Å². The van der Waals surface area contributed by atoms with E-state index in [2.05, 4.69) is 30.4 Å². The first kappa shape index (κ1) is 12.2. The van der Waals surface area contributed by atoms with E-state index in [1.807, 2.05) is 16.9 Å². The van der Waals surface area contributed by atoms with E-state index in [0.29, 0.717) is 0 Å². The van der Waals surface area contributed by atoms with Crippen LogP contribution in [0, 0.1) is 6.92 Å². The average molecular weight is 257 g/mol. The summed E-state index contributed by atoms with van der Waals surface area (Å²) in [4.78, 5) is 0. The number of fused-ring (bicyclic) bond motifs is 1. The molecule has 0 spiro atoms. The SMILES string of the molecule is COc1ccc2c(c1)CCC(n1cc(C)cn1)C2N. The minimum atomic E-state index is -0.00560. The Labute approximate surface area is 113 Å². The quantitative estimate of drug-likeness (QED) is 0.898. The molecule has 0 radical (unpaired) electrons. The summed E-state index contributed by atoms with van der Waals surface area (Å²) in [7, 11) is 1.69. The van der Waals surface area contributed by atoms with E-state index >= 15 is 0 Å². The van der Waals surface area contributed by atoms with Gasteiger partial charge in [0.05, 0.1) is 25.4 Å². The van der Waals surface area contributed by atoms with Crippen LogP contribution in [0.5, 0.6) is 5.75 Å². The summed E-state index contributed by atoms with van der Waals surface area (Å²) in [5, 5.41) is 4.41. The van der Waals surface area contributed by atoms with Crippen molar-refractivity contribution in [3.63, 3.8) is 0 Å². The average Bonchev–Trinajstić information content (AvgIpc) is 2.85. The van der Waals surface area contributed by atoms with E-state index in [1.165, 1.54) is 16.7 Å². The van der Waals surface area contributed by atoms with Crippen LogP contribution in [-0.2, 0) is 6.42 Å². The smallest absolute Gasteiger partial charge is 0.119 e. The highest BCUT2D eigenvalue weighted by Crippen LogP contribution is 2.37. The first-order chi connectivity index (χ1) is 9.19. The highest BCUT2D eigenvalue weighted by Gasteiger charge is 2.28. The van der Waals surface area contributed by atoms with Crippen molar-refractivity contribution in [3.8, 4) is 5.75 Å². The van der Waals surface area contributed by atoms with Gasteiger partial charge in [0.1, 0.15) is 5.75 Å². The van der Waals surface area contributed by atoms with Crippen molar-refractivity contribution in [3.05, 3.63) is 47.3 Å². The molecule has 1 aromatic carbocycles. The minimum absolute atomic E-state index is 0.00560. The molecule has 2 aromatic rings. The Morgan fingerprint density at radius 2 is 2.26 bits per heavy atom. The molecule has 0 fully saturated rings. The van der Waals surface area contributed by atoms with Crippen LogP contribution in [0.1, 0.15) is 35.2 Å². The van der Waals surface area contributed by atoms with Gasteiger partial charge in [-0.05, 0) is 48.6 Å². The predicted octanol–water partition coefficient (Wildman–Crippen LogP) is 2.39. The highest BCUT2D eigenvalue weighted by atomic mass is 16.5. The van der Waals surface area contributed by atoms with Gasteiger partial charge in [-0.3, -0.25) is 4.68 Å². The molecule has 1 aliphatic carbocycles. The van der Waals surface area contributed by atoms with Gasteiger partial charge >= 0.3 is 0 Å². The van der Waals surface area contributed by atoms with Gasteiger partial charge in [0, 0.05) is 6.20 Å². The number of aryl methyl sites for hydroxylation is 2. The molecule has 19 heavy (non-hydrogen) atoms. The highest BCUT2D eigenvalue weighted by molar-refractivity contribution is 5.39. The molecule has 1 aliphatic rings. The van der Waals surface area contributed by atoms with Crippen molar-refractivity contribution in [1.82, 2.24) is 9.78 Å². The third-order valence-corrected chi connectivity index (χ3v) is 3.90. The van der Waals surface area contributed by atoms with Crippen molar-refractivity contribution in [2.75, 3.05) is 7.11 Å². The lowest BCUT2D eigenvalue weighted by Crippen LogP contribution is -2.30. The van der Waals surface area contributed by atoms with E-state index in [0.717, 1.165) is 18.6 Å². The zero-order chi connectivity index (χ0) is 13.4. The Kier molecular flexibility index (Phi) is 3.03. The number of benzene rings is 1. The van der Waals surface area contributed by atoms with Gasteiger partial charge in [0.2, 0.25) is 0 Å². The summed E-state index contributed by atoms with van der Waals surface area (Å²) in [6.07, 6.45) is 5.99. The van der Waals surface area contributed by atoms with E-state index in [9.17, 15) is 0 Å². The van der Waals surface area contributed by atoms with E-state index in [-0.39, 0.29) is 12.1 Å². The Hall–Kier alpha value is -1.81. The van der Waals surface area contributed by atoms with Gasteiger partial charge in [-0.15, -0.1) is 0 Å². The molecule has 4 heteroatoms. The van der Waals surface area contributed by atoms with Crippen LogP contribution in [-0.4, -0.2) is 16.9 Å². The van der Waals surface area contributed by atoms with E-state index < -0.39 is 0 Å². The van der Waals surface area contributed by atoms with Gasteiger partial charge in [-0.25, -0.2) is 0 Å². The molecule has 0 amide bonds. The molecule has 4 nitrogen and oxygen atoms in total. The molecule has 2 atom stereocenters. The van der Waals surface area contributed by atoms with Crippen molar-refractivity contribution in [2.45, 2.75) is 31.8 Å². The summed E-state index contributed by atoms with van der Waals surface area (Å²) >= 11 is 0. The van der Waals surface area contributed by atoms with Crippen LogP contribution in [0.25, 0.3) is 0 Å². The Balaban J connectivity index is 1.93. The van der Waals surface area contributed by atoms with Crippen molar-refractivity contribution >= 4 is 0 Å². The number of hydrogen-bond donors (Lipinski definition) is 1. The molecular formula is C15H19N3O. The molecule has 1 aromatic heterocycles. The number of nitrogens with two attached hydrogens (primary N) is 1. The second kappa shape index (κ2) is 4.70. The number of aromatic nitrogens is 2. The molecule has 0 saturated heterocycles. The second-order valence-electron chi connectivity index (χ2n) is 5.19. The van der Waals surface area contributed by atoms with Crippen LogP contribution in [0.15, 0.2) is 30.6 Å². The van der Waals surface area contributed by atoms with Crippen LogP contribution >= 0.6 is 0 Å². The van der Waals surface area contributed by atoms with Crippen LogP contribution in [0.4, 0.5) is 0 Å². The summed E-state index contributed by atoms with van der Waals surface area (Å²) < 4.78 is 7.28. The topological polar surface area (TPSA) is 53.1 Å². The summed E-state index contributed by atoms with van der Waals surface area (Å²) in [6, 6.07) is 6.40. The van der Waals surface area contributed by atoms with Gasteiger partial charge in [0.15, 0.2) is 0 Å². The van der Waals surface area contributed by atoms with Crippen LogP contribution in [0.3, 0.4) is 0 Å². The Morgan fingerprint density at radius 3 is 2.95 bits per heavy atom. The van der Waals surface area contributed by atoms with Crippen LogP contribution < -0.4 is 10.5 Å². The maximum Gasteiger partial charge on any atom is 0.119 e. The van der Waals surface area contributed by atoms with E-state index in [4.69, 9.17) is 10.5 Å². The molecule has 2 N–H and O–H groups in total.